The molecule has 6 rings (SSSR count). The molecule has 0 spiro atoms. The highest BCUT2D eigenvalue weighted by Crippen LogP contribution is 2.39. The van der Waals surface area contributed by atoms with Crippen molar-refractivity contribution in [1.29, 1.82) is 0 Å². The number of rotatable bonds is 7. The number of carboxylic acid groups (broad SMARTS) is 1. The van der Waals surface area contributed by atoms with Crippen molar-refractivity contribution in [3.63, 3.8) is 0 Å². The number of carboxylic acids is 1. The van der Waals surface area contributed by atoms with Crippen LogP contribution >= 0.6 is 22.7 Å². The lowest BCUT2D eigenvalue weighted by atomic mass is 10.2. The number of nitrogens with zero attached hydrogens (tertiary/aromatic N) is 4. The van der Waals surface area contributed by atoms with Crippen LogP contribution in [0.25, 0.3) is 41.6 Å². The smallest absolute Gasteiger partial charge is 0.360 e. The molecule has 4 aromatic heterocycles. The van der Waals surface area contributed by atoms with E-state index in [4.69, 9.17) is 9.84 Å². The zero-order chi connectivity index (χ0) is 33.0. The van der Waals surface area contributed by atoms with Gasteiger partial charge in [0, 0.05) is 11.1 Å². The largest absolute Gasteiger partial charge is 0.504 e. The van der Waals surface area contributed by atoms with Gasteiger partial charge in [-0.1, -0.05) is 60.7 Å². The van der Waals surface area contributed by atoms with Crippen molar-refractivity contribution in [1.82, 2.24) is 25.3 Å². The second-order valence-corrected chi connectivity index (χ2v) is 11.7. The highest BCUT2D eigenvalue weighted by molar-refractivity contribution is 7.22. The second kappa shape index (κ2) is 13.7. The summed E-state index contributed by atoms with van der Waals surface area (Å²) in [5.74, 6) is -3.00. The maximum absolute atomic E-state index is 12.0. The van der Waals surface area contributed by atoms with Crippen molar-refractivity contribution >= 4 is 61.0 Å². The zero-order valence-electron chi connectivity index (χ0n) is 24.8. The van der Waals surface area contributed by atoms with Gasteiger partial charge in [0.05, 0.1) is 18.0 Å². The number of carbonyl (C=O) groups excluding carboxylic acids is 2. The lowest BCUT2D eigenvalue weighted by Gasteiger charge is -2.06. The van der Waals surface area contributed by atoms with Crippen molar-refractivity contribution in [2.75, 3.05) is 13.2 Å². The first-order chi connectivity index (χ1) is 22.1. The predicted molar refractivity (Wildman–Crippen MR) is 174 cm³/mol. The minimum absolute atomic E-state index is 0.0601. The molecular weight excluding hydrogens is 631 g/mol. The summed E-state index contributed by atoms with van der Waals surface area (Å²) in [7, 11) is 0. The Morgan fingerprint density at radius 2 is 1.20 bits per heavy atom. The number of benzene rings is 2. The van der Waals surface area contributed by atoms with Gasteiger partial charge in [-0.2, -0.15) is 0 Å². The number of aliphatic carboxylic acids is 1. The maximum Gasteiger partial charge on any atom is 0.360 e. The number of fused-ring (bicyclic) bond motifs is 2. The van der Waals surface area contributed by atoms with Gasteiger partial charge in [0.2, 0.25) is 0 Å². The number of ether oxygens (including phenoxy) is 1. The predicted octanol–water partition coefficient (Wildman–Crippen LogP) is 5.74. The Kier molecular flexibility index (Phi) is 9.49. The fraction of sp³-hybridized carbons (Fsp3) is 0.156. The number of aryl methyl sites for hydroxylation is 2. The van der Waals surface area contributed by atoms with Gasteiger partial charge in [-0.15, -0.1) is 22.7 Å². The van der Waals surface area contributed by atoms with Crippen LogP contribution < -0.4 is 5.32 Å². The Balaban J connectivity index is 0.000000182. The van der Waals surface area contributed by atoms with Gasteiger partial charge < -0.3 is 25.4 Å². The summed E-state index contributed by atoms with van der Waals surface area (Å²) in [5, 5.41) is 33.0. The molecule has 6 aromatic rings. The van der Waals surface area contributed by atoms with E-state index < -0.39 is 24.4 Å². The van der Waals surface area contributed by atoms with Gasteiger partial charge in [-0.3, -0.25) is 9.59 Å². The highest BCUT2D eigenvalue weighted by atomic mass is 32.1. The van der Waals surface area contributed by atoms with E-state index in [1.54, 1.807) is 20.8 Å². The Morgan fingerprint density at radius 3 is 1.65 bits per heavy atom. The lowest BCUT2D eigenvalue weighted by molar-refractivity contribution is -0.135. The molecule has 0 saturated heterocycles. The molecule has 0 atom stereocenters. The molecule has 14 heteroatoms. The number of aromatic hydroxyl groups is 2. The van der Waals surface area contributed by atoms with Gasteiger partial charge in [0.1, 0.15) is 37.0 Å². The summed E-state index contributed by atoms with van der Waals surface area (Å²) in [4.78, 5) is 51.7. The number of esters is 1. The van der Waals surface area contributed by atoms with Crippen molar-refractivity contribution in [2.45, 2.75) is 20.8 Å². The molecule has 12 nitrogen and oxygen atoms in total. The molecular formula is C32H27N5O7S2. The van der Waals surface area contributed by atoms with Crippen LogP contribution in [-0.2, 0) is 9.53 Å². The average Bonchev–Trinajstić information content (AvgIpc) is 3.72. The van der Waals surface area contributed by atoms with Crippen LogP contribution in [0.1, 0.15) is 39.3 Å². The van der Waals surface area contributed by atoms with E-state index in [0.29, 0.717) is 36.8 Å². The van der Waals surface area contributed by atoms with Crippen LogP contribution in [0.15, 0.2) is 60.7 Å². The molecule has 0 fully saturated rings. The quantitative estimate of drug-likeness (QED) is 0.154. The molecule has 0 aliphatic heterocycles. The number of hydrogen-bond acceptors (Lipinski definition) is 12. The molecule has 0 radical (unpaired) electrons. The van der Waals surface area contributed by atoms with Gasteiger partial charge >= 0.3 is 11.9 Å². The van der Waals surface area contributed by atoms with Crippen LogP contribution in [0.3, 0.4) is 0 Å². The third-order valence-electron chi connectivity index (χ3n) is 6.50. The second-order valence-electron chi connectivity index (χ2n) is 9.71. The summed E-state index contributed by atoms with van der Waals surface area (Å²) >= 11 is 2.58. The summed E-state index contributed by atoms with van der Waals surface area (Å²) in [6, 6.07) is 19.1. The van der Waals surface area contributed by atoms with Crippen LogP contribution in [0, 0.1) is 13.8 Å². The van der Waals surface area contributed by atoms with Gasteiger partial charge in [-0.25, -0.2) is 24.7 Å². The van der Waals surface area contributed by atoms with Gasteiger partial charge in [0.25, 0.3) is 5.91 Å². The van der Waals surface area contributed by atoms with Crippen molar-refractivity contribution in [3.8, 4) is 32.6 Å². The fourth-order valence-corrected chi connectivity index (χ4v) is 6.50. The Hall–Kier alpha value is -5.47. The van der Waals surface area contributed by atoms with Crippen LogP contribution in [-0.4, -0.2) is 66.3 Å². The average molecular weight is 658 g/mol. The van der Waals surface area contributed by atoms with E-state index in [1.807, 2.05) is 60.7 Å². The van der Waals surface area contributed by atoms with E-state index in [1.165, 1.54) is 22.7 Å². The summed E-state index contributed by atoms with van der Waals surface area (Å²) in [5.41, 5.74) is 3.80. The molecule has 4 N–H and O–H groups in total. The molecule has 1 amide bonds. The maximum atomic E-state index is 12.0. The molecule has 0 saturated carbocycles. The minimum atomic E-state index is -1.18. The normalized spacial score (nSPS) is 10.8. The van der Waals surface area contributed by atoms with Crippen LogP contribution in [0.2, 0.25) is 0 Å². The number of nitrogens with one attached hydrogen (secondary N) is 1. The molecule has 0 bridgehead atoms. The third kappa shape index (κ3) is 6.62. The van der Waals surface area contributed by atoms with E-state index >= 15 is 0 Å². The Bertz CT molecular complexity index is 2080. The molecule has 46 heavy (non-hydrogen) atoms. The summed E-state index contributed by atoms with van der Waals surface area (Å²) in [6.07, 6.45) is 0. The number of thiazole rings is 2. The number of aromatic nitrogens is 4. The molecule has 2 aromatic carbocycles. The highest BCUT2D eigenvalue weighted by Gasteiger charge is 2.23. The Labute approximate surface area is 270 Å². The first-order valence-corrected chi connectivity index (χ1v) is 15.5. The molecule has 234 valence electrons. The standard InChI is InChI=1S/C16H13N3O4S.C16H14N2O3S/c1-8-11-14(24-16(19-11)9-5-3-2-4-6-9)13(22)12(18-8)15(23)17-7-10(20)21;1-3-21-16(20)12-13(19)14-11(9(2)17-12)18-15(22-14)10-7-5-4-6-8-10/h2-6,22H,7H2,1H3,(H,17,23)(H,20,21);4-8,19H,3H2,1-2H3. The number of pyridine rings is 2. The number of carbonyl (C=O) groups is 3. The number of amides is 1. The van der Waals surface area contributed by atoms with E-state index in [2.05, 4.69) is 25.3 Å². The lowest BCUT2D eigenvalue weighted by Crippen LogP contribution is -2.30. The fourth-order valence-electron chi connectivity index (χ4n) is 4.36. The summed E-state index contributed by atoms with van der Waals surface area (Å²) < 4.78 is 5.92. The Morgan fingerprint density at radius 1 is 0.739 bits per heavy atom. The minimum Gasteiger partial charge on any atom is -0.504 e. The SMILES string of the molecule is CCOC(=O)c1nc(C)c2nc(-c3ccccc3)sc2c1O.Cc1nc(C(=O)NCC(=O)O)c(O)c2sc(-c3ccccc3)nc12. The first kappa shape index (κ1) is 31.9. The van der Waals surface area contributed by atoms with E-state index in [-0.39, 0.29) is 29.5 Å². The van der Waals surface area contributed by atoms with E-state index in [9.17, 15) is 24.6 Å². The number of hydrogen-bond donors (Lipinski definition) is 4. The first-order valence-electron chi connectivity index (χ1n) is 13.9. The molecule has 0 aliphatic rings. The van der Waals surface area contributed by atoms with Crippen molar-refractivity contribution in [2.24, 2.45) is 0 Å². The van der Waals surface area contributed by atoms with Gasteiger partial charge in [-0.05, 0) is 20.8 Å². The monoisotopic (exact) mass is 657 g/mol. The van der Waals surface area contributed by atoms with Crippen molar-refractivity contribution in [3.05, 3.63) is 83.4 Å². The van der Waals surface area contributed by atoms with Crippen LogP contribution in [0.5, 0.6) is 11.5 Å². The molecule has 0 aliphatic carbocycles. The summed E-state index contributed by atoms with van der Waals surface area (Å²) in [6.45, 7) is 4.84. The van der Waals surface area contributed by atoms with E-state index in [0.717, 1.165) is 16.1 Å². The van der Waals surface area contributed by atoms with Crippen LogP contribution in [0.4, 0.5) is 0 Å². The molecule has 4 heterocycles. The third-order valence-corrected chi connectivity index (χ3v) is 8.73. The zero-order valence-corrected chi connectivity index (χ0v) is 26.4. The molecule has 0 unspecified atom stereocenters. The van der Waals surface area contributed by atoms with Crippen molar-refractivity contribution < 1.29 is 34.4 Å². The topological polar surface area (TPSA) is 185 Å². The van der Waals surface area contributed by atoms with Gasteiger partial charge in [0.15, 0.2) is 22.9 Å².